The predicted octanol–water partition coefficient (Wildman–Crippen LogP) is 5.74. The topological polar surface area (TPSA) is 128 Å². The first-order chi connectivity index (χ1) is 20.1. The van der Waals surface area contributed by atoms with Crippen molar-refractivity contribution in [3.8, 4) is 34.0 Å². The Labute approximate surface area is 233 Å². The second-order valence-corrected chi connectivity index (χ2v) is 9.65. The van der Waals surface area contributed by atoms with Crippen molar-refractivity contribution in [3.63, 3.8) is 0 Å². The molecule has 0 saturated heterocycles. The van der Waals surface area contributed by atoms with E-state index in [-0.39, 0.29) is 5.82 Å². The molecule has 0 radical (unpaired) electrons. The Hall–Kier alpha value is -5.48. The molecule has 0 fully saturated rings. The first kappa shape index (κ1) is 24.6. The summed E-state index contributed by atoms with van der Waals surface area (Å²) in [6.07, 6.45) is 6.50. The van der Waals surface area contributed by atoms with Crippen LogP contribution in [0.5, 0.6) is 0 Å². The highest BCUT2D eigenvalue weighted by atomic mass is 19.1. The number of anilines is 1. The molecule has 5 heterocycles. The fraction of sp³-hybridized carbons (Fsp3) is 0.0645. The van der Waals surface area contributed by atoms with E-state index in [9.17, 15) is 9.50 Å². The molecule has 0 aliphatic rings. The molecule has 10 heteroatoms. The first-order valence-corrected chi connectivity index (χ1v) is 13.0. The summed E-state index contributed by atoms with van der Waals surface area (Å²) in [6.45, 7) is 0. The van der Waals surface area contributed by atoms with Gasteiger partial charge in [0.2, 0.25) is 0 Å². The Bertz CT molecular complexity index is 1990. The summed E-state index contributed by atoms with van der Waals surface area (Å²) in [4.78, 5) is 21.6. The van der Waals surface area contributed by atoms with Gasteiger partial charge >= 0.3 is 0 Å². The largest absolute Gasteiger partial charge is 0.373 e. The monoisotopic (exact) mass is 542 g/mol. The summed E-state index contributed by atoms with van der Waals surface area (Å²) < 4.78 is 13.5. The zero-order valence-electron chi connectivity index (χ0n) is 21.6. The Kier molecular flexibility index (Phi) is 6.14. The maximum Gasteiger partial charge on any atom is 0.159 e. The summed E-state index contributed by atoms with van der Waals surface area (Å²) in [5.41, 5.74) is 7.43. The number of aliphatic hydroxyl groups is 1. The number of halogens is 1. The van der Waals surface area contributed by atoms with Crippen LogP contribution >= 0.6 is 0 Å². The number of benzene rings is 2. The van der Waals surface area contributed by atoms with Crippen molar-refractivity contribution in [1.82, 2.24) is 35.1 Å². The molecule has 9 nitrogen and oxygen atoms in total. The zero-order chi connectivity index (χ0) is 27.8. The van der Waals surface area contributed by atoms with E-state index in [0.29, 0.717) is 40.5 Å². The third-order valence-electron chi connectivity index (χ3n) is 6.83. The van der Waals surface area contributed by atoms with Crippen molar-refractivity contribution >= 4 is 27.6 Å². The maximum absolute atomic E-state index is 13.5. The molecule has 0 aliphatic heterocycles. The summed E-state index contributed by atoms with van der Waals surface area (Å²) in [7, 11) is 0. The normalized spacial score (nSPS) is 12.1. The summed E-state index contributed by atoms with van der Waals surface area (Å²) in [5.74, 6) is 0.258. The zero-order valence-corrected chi connectivity index (χ0v) is 21.6. The highest BCUT2D eigenvalue weighted by molar-refractivity contribution is 5.96. The number of imidazole rings is 1. The van der Waals surface area contributed by atoms with Crippen LogP contribution in [0.25, 0.3) is 56.0 Å². The minimum absolute atomic E-state index is 0.309. The van der Waals surface area contributed by atoms with Crippen molar-refractivity contribution in [1.29, 1.82) is 0 Å². The van der Waals surface area contributed by atoms with Crippen molar-refractivity contribution in [2.75, 3.05) is 5.32 Å². The van der Waals surface area contributed by atoms with Crippen molar-refractivity contribution in [2.24, 2.45) is 0 Å². The van der Waals surface area contributed by atoms with Crippen LogP contribution in [0.2, 0.25) is 0 Å². The van der Waals surface area contributed by atoms with Crippen molar-refractivity contribution in [3.05, 3.63) is 109 Å². The standard InChI is InChI=1S/C31H23FN8O/c32-21-8-6-19(7-9-21)28-30-24(10-11-34-28)37-31(38-30)29-23-14-25(35-17-26(23)39-40-29)20-13-22(16-33-15-20)36-27(41)12-18-4-2-1-3-5-18/h1-11,13-17,27,36,41H,12H2,(H,37,38)(H,39,40). The van der Waals surface area contributed by atoms with Gasteiger partial charge in [0.1, 0.15) is 23.3 Å². The van der Waals surface area contributed by atoms with Gasteiger partial charge < -0.3 is 15.4 Å². The van der Waals surface area contributed by atoms with E-state index < -0.39 is 6.23 Å². The third-order valence-corrected chi connectivity index (χ3v) is 6.83. The molecule has 7 rings (SSSR count). The second kappa shape index (κ2) is 10.2. The molecule has 200 valence electrons. The van der Waals surface area contributed by atoms with E-state index >= 15 is 0 Å². The molecule has 0 saturated carbocycles. The number of hydrogen-bond acceptors (Lipinski definition) is 7. The molecule has 0 aliphatic carbocycles. The molecule has 5 aromatic heterocycles. The van der Waals surface area contributed by atoms with E-state index in [4.69, 9.17) is 4.98 Å². The Morgan fingerprint density at radius 3 is 2.56 bits per heavy atom. The number of aromatic amines is 2. The third kappa shape index (κ3) is 4.88. The van der Waals surface area contributed by atoms with Gasteiger partial charge in [0.15, 0.2) is 5.82 Å². The summed E-state index contributed by atoms with van der Waals surface area (Å²) in [6, 6.07) is 21.7. The van der Waals surface area contributed by atoms with Gasteiger partial charge in [-0.25, -0.2) is 9.37 Å². The van der Waals surface area contributed by atoms with Gasteiger partial charge in [0, 0.05) is 35.3 Å². The molecule has 2 aromatic carbocycles. The van der Waals surface area contributed by atoms with Crippen molar-refractivity contribution < 1.29 is 9.50 Å². The number of H-pyrrole nitrogens is 2. The number of rotatable bonds is 7. The van der Waals surface area contributed by atoms with Crippen LogP contribution < -0.4 is 5.32 Å². The molecule has 0 spiro atoms. The highest BCUT2D eigenvalue weighted by Crippen LogP contribution is 2.32. The van der Waals surface area contributed by atoms with Crippen LogP contribution in [-0.4, -0.2) is 46.5 Å². The summed E-state index contributed by atoms with van der Waals surface area (Å²) in [5, 5.41) is 22.0. The number of pyridine rings is 3. The number of aliphatic hydroxyl groups excluding tert-OH is 1. The summed E-state index contributed by atoms with van der Waals surface area (Å²) >= 11 is 0. The van der Waals surface area contributed by atoms with Gasteiger partial charge in [0.25, 0.3) is 0 Å². The molecule has 0 amide bonds. The molecule has 7 aromatic rings. The SMILES string of the molecule is OC(Cc1ccccc1)Nc1cncc(-c2cc3c(-c4nc5c(-c6ccc(F)cc6)nccc5[nH]4)n[nH]c3cn2)c1. The average Bonchev–Trinajstić information content (AvgIpc) is 3.62. The van der Waals surface area contributed by atoms with E-state index in [2.05, 4.69) is 35.5 Å². The van der Waals surface area contributed by atoms with Gasteiger partial charge in [-0.05, 0) is 48.0 Å². The number of hydrogen-bond donors (Lipinski definition) is 4. The lowest BCUT2D eigenvalue weighted by molar-refractivity contribution is 0.204. The highest BCUT2D eigenvalue weighted by Gasteiger charge is 2.17. The molecule has 1 atom stereocenters. The number of nitrogens with one attached hydrogen (secondary N) is 3. The fourth-order valence-corrected chi connectivity index (χ4v) is 4.86. The predicted molar refractivity (Wildman–Crippen MR) is 155 cm³/mol. The lowest BCUT2D eigenvalue weighted by Gasteiger charge is -2.14. The number of fused-ring (bicyclic) bond motifs is 2. The van der Waals surface area contributed by atoms with Crippen LogP contribution in [0.15, 0.2) is 97.6 Å². The number of aromatic nitrogens is 7. The molecule has 4 N–H and O–H groups in total. The molecule has 0 bridgehead atoms. The van der Waals surface area contributed by atoms with Gasteiger partial charge in [0.05, 0.1) is 40.5 Å². The van der Waals surface area contributed by atoms with Gasteiger partial charge in [-0.15, -0.1) is 0 Å². The molecular weight excluding hydrogens is 519 g/mol. The van der Waals surface area contributed by atoms with Crippen LogP contribution in [0, 0.1) is 5.82 Å². The van der Waals surface area contributed by atoms with E-state index in [1.807, 2.05) is 48.5 Å². The number of nitrogens with zero attached hydrogens (tertiary/aromatic N) is 5. The lowest BCUT2D eigenvalue weighted by Crippen LogP contribution is -2.21. The maximum atomic E-state index is 13.5. The van der Waals surface area contributed by atoms with E-state index in [1.54, 1.807) is 36.9 Å². The molecule has 1 unspecified atom stereocenters. The minimum Gasteiger partial charge on any atom is -0.373 e. The van der Waals surface area contributed by atoms with Gasteiger partial charge in [-0.2, -0.15) is 5.10 Å². The van der Waals surface area contributed by atoms with Crippen molar-refractivity contribution in [2.45, 2.75) is 12.6 Å². The quantitative estimate of drug-likeness (QED) is 0.189. The first-order valence-electron chi connectivity index (χ1n) is 13.0. The second-order valence-electron chi connectivity index (χ2n) is 9.65. The Balaban J connectivity index is 1.20. The van der Waals surface area contributed by atoms with Crippen LogP contribution in [0.4, 0.5) is 10.1 Å². The molecule has 41 heavy (non-hydrogen) atoms. The minimum atomic E-state index is -0.771. The van der Waals surface area contributed by atoms with Crippen LogP contribution in [0.1, 0.15) is 5.56 Å². The Morgan fingerprint density at radius 1 is 0.854 bits per heavy atom. The van der Waals surface area contributed by atoms with Crippen LogP contribution in [-0.2, 0) is 6.42 Å². The smallest absolute Gasteiger partial charge is 0.159 e. The van der Waals surface area contributed by atoms with E-state index in [1.165, 1.54) is 12.1 Å². The molecular formula is C31H23FN8O. The van der Waals surface area contributed by atoms with E-state index in [0.717, 1.165) is 33.1 Å². The fourth-order valence-electron chi connectivity index (χ4n) is 4.86. The van der Waals surface area contributed by atoms with Crippen LogP contribution in [0.3, 0.4) is 0 Å². The Morgan fingerprint density at radius 2 is 1.71 bits per heavy atom. The van der Waals surface area contributed by atoms with Gasteiger partial charge in [-0.1, -0.05) is 30.3 Å². The lowest BCUT2D eigenvalue weighted by atomic mass is 10.1. The van der Waals surface area contributed by atoms with Gasteiger partial charge in [-0.3, -0.25) is 20.1 Å². The average molecular weight is 543 g/mol.